The van der Waals surface area contributed by atoms with E-state index in [4.69, 9.17) is 23.2 Å². The lowest BCUT2D eigenvalue weighted by Gasteiger charge is -2.06. The molecule has 2 nitrogen and oxygen atoms in total. The molecule has 0 aromatic carbocycles. The van der Waals surface area contributed by atoms with Gasteiger partial charge < -0.3 is 4.74 Å². The summed E-state index contributed by atoms with van der Waals surface area (Å²) >= 11 is 11.0. The molecule has 1 aromatic heterocycles. The van der Waals surface area contributed by atoms with Gasteiger partial charge in [0.1, 0.15) is 5.15 Å². The summed E-state index contributed by atoms with van der Waals surface area (Å²) in [6, 6.07) is 1.19. The lowest BCUT2D eigenvalue weighted by molar-refractivity contribution is 0.151. The van der Waals surface area contributed by atoms with Gasteiger partial charge in [0.25, 0.3) is 6.43 Å². The fraction of sp³-hybridized carbons (Fsp3) is 0.286. The molecule has 0 radical (unpaired) electrons. The monoisotopic (exact) mass is 227 g/mol. The second-order valence-electron chi connectivity index (χ2n) is 2.15. The molecule has 72 valence electrons. The van der Waals surface area contributed by atoms with Crippen LogP contribution in [0.15, 0.2) is 6.07 Å². The zero-order valence-corrected chi connectivity index (χ0v) is 8.03. The molecular formula is C7H5Cl2F2NO. The van der Waals surface area contributed by atoms with E-state index in [0.29, 0.717) is 0 Å². The lowest BCUT2D eigenvalue weighted by Crippen LogP contribution is -1.94. The average molecular weight is 228 g/mol. The predicted molar refractivity (Wildman–Crippen MR) is 45.8 cm³/mol. The number of rotatable bonds is 2. The van der Waals surface area contributed by atoms with E-state index in [1.165, 1.54) is 13.2 Å². The van der Waals surface area contributed by atoms with Gasteiger partial charge >= 0.3 is 0 Å². The van der Waals surface area contributed by atoms with Gasteiger partial charge in [-0.1, -0.05) is 23.2 Å². The van der Waals surface area contributed by atoms with Gasteiger partial charge in [-0.2, -0.15) is 0 Å². The minimum Gasteiger partial charge on any atom is -0.481 e. The summed E-state index contributed by atoms with van der Waals surface area (Å²) in [7, 11) is 1.34. The number of ether oxygens (including phenoxy) is 1. The Balaban J connectivity index is 3.23. The molecule has 0 aliphatic carbocycles. The van der Waals surface area contributed by atoms with Crippen molar-refractivity contribution in [1.29, 1.82) is 0 Å². The van der Waals surface area contributed by atoms with Crippen molar-refractivity contribution < 1.29 is 13.5 Å². The average Bonchev–Trinajstić information content (AvgIpc) is 2.02. The molecule has 13 heavy (non-hydrogen) atoms. The van der Waals surface area contributed by atoms with E-state index in [-0.39, 0.29) is 16.1 Å². The van der Waals surface area contributed by atoms with Crippen LogP contribution >= 0.6 is 23.2 Å². The maximum Gasteiger partial charge on any atom is 0.268 e. The summed E-state index contributed by atoms with van der Waals surface area (Å²) in [6.07, 6.45) is -2.74. The van der Waals surface area contributed by atoms with Gasteiger partial charge in [0, 0.05) is 6.07 Å². The number of nitrogens with zero attached hydrogens (tertiary/aromatic N) is 1. The number of pyridine rings is 1. The number of aromatic nitrogens is 1. The highest BCUT2D eigenvalue weighted by atomic mass is 35.5. The van der Waals surface area contributed by atoms with Crippen molar-refractivity contribution in [1.82, 2.24) is 4.98 Å². The molecule has 0 spiro atoms. The van der Waals surface area contributed by atoms with Crippen LogP contribution in [0.1, 0.15) is 12.0 Å². The summed E-state index contributed by atoms with van der Waals surface area (Å²) in [4.78, 5) is 3.55. The van der Waals surface area contributed by atoms with Gasteiger partial charge in [-0.25, -0.2) is 13.8 Å². The van der Waals surface area contributed by atoms with E-state index >= 15 is 0 Å². The molecule has 0 fully saturated rings. The maximum atomic E-state index is 12.3. The van der Waals surface area contributed by atoms with Crippen molar-refractivity contribution in [2.45, 2.75) is 6.43 Å². The minimum absolute atomic E-state index is 0.111. The van der Waals surface area contributed by atoms with E-state index in [9.17, 15) is 8.78 Å². The van der Waals surface area contributed by atoms with Crippen LogP contribution in [0.3, 0.4) is 0 Å². The third kappa shape index (κ3) is 2.19. The van der Waals surface area contributed by atoms with Crippen LogP contribution < -0.4 is 4.74 Å². The summed E-state index contributed by atoms with van der Waals surface area (Å²) < 4.78 is 29.2. The van der Waals surface area contributed by atoms with Gasteiger partial charge in [-0.15, -0.1) is 0 Å². The Labute approximate surface area is 83.4 Å². The van der Waals surface area contributed by atoms with Crippen LogP contribution in [-0.2, 0) is 0 Å². The first-order chi connectivity index (χ1) is 6.06. The number of alkyl halides is 2. The second kappa shape index (κ2) is 4.07. The highest BCUT2D eigenvalue weighted by molar-refractivity contribution is 6.35. The van der Waals surface area contributed by atoms with Gasteiger partial charge in [0.15, 0.2) is 0 Å². The van der Waals surface area contributed by atoms with Crippen LogP contribution in [0, 0.1) is 0 Å². The number of hydrogen-bond donors (Lipinski definition) is 0. The fourth-order valence-electron chi connectivity index (χ4n) is 0.773. The Bertz CT molecular complexity index is 296. The van der Waals surface area contributed by atoms with Gasteiger partial charge in [-0.05, 0) is 0 Å². The van der Waals surface area contributed by atoms with E-state index < -0.39 is 12.0 Å². The van der Waals surface area contributed by atoms with Gasteiger partial charge in [0.2, 0.25) is 5.88 Å². The quantitative estimate of drug-likeness (QED) is 0.724. The normalized spacial score (nSPS) is 10.6. The van der Waals surface area contributed by atoms with Crippen molar-refractivity contribution in [2.24, 2.45) is 0 Å². The van der Waals surface area contributed by atoms with Crippen LogP contribution in [0.2, 0.25) is 10.2 Å². The summed E-state index contributed by atoms with van der Waals surface area (Å²) in [6.45, 7) is 0. The Kier molecular flexibility index (Phi) is 3.27. The molecule has 0 saturated heterocycles. The second-order valence-corrected chi connectivity index (χ2v) is 2.92. The summed E-state index contributed by atoms with van der Waals surface area (Å²) in [5, 5.41) is -0.480. The fourth-order valence-corrected chi connectivity index (χ4v) is 1.35. The third-order valence-electron chi connectivity index (χ3n) is 1.37. The third-order valence-corrected chi connectivity index (χ3v) is 1.97. The van der Waals surface area contributed by atoms with Crippen molar-refractivity contribution in [3.63, 3.8) is 0 Å². The van der Waals surface area contributed by atoms with Gasteiger partial charge in [-0.3, -0.25) is 0 Å². The smallest absolute Gasteiger partial charge is 0.268 e. The molecule has 6 heteroatoms. The zero-order valence-electron chi connectivity index (χ0n) is 6.52. The first kappa shape index (κ1) is 10.5. The predicted octanol–water partition coefficient (Wildman–Crippen LogP) is 3.33. The molecule has 1 rings (SSSR count). The maximum absolute atomic E-state index is 12.3. The number of halogens is 4. The molecule has 0 unspecified atom stereocenters. The minimum atomic E-state index is -2.74. The van der Waals surface area contributed by atoms with Gasteiger partial charge in [0.05, 0.1) is 17.7 Å². The molecule has 0 amide bonds. The van der Waals surface area contributed by atoms with Crippen molar-refractivity contribution in [3.8, 4) is 5.88 Å². The first-order valence-corrected chi connectivity index (χ1v) is 4.00. The lowest BCUT2D eigenvalue weighted by atomic mass is 10.3. The molecule has 0 aliphatic heterocycles. The van der Waals surface area contributed by atoms with E-state index in [0.717, 1.165) is 0 Å². The first-order valence-electron chi connectivity index (χ1n) is 3.24. The standard InChI is InChI=1S/C7H5Cl2F2NO/c1-13-4-2-3(8)5(7(10)11)6(9)12-4/h2,7H,1H3. The van der Waals surface area contributed by atoms with E-state index in [1.54, 1.807) is 0 Å². The number of hydrogen-bond acceptors (Lipinski definition) is 2. The summed E-state index contributed by atoms with van der Waals surface area (Å²) in [5.41, 5.74) is -0.468. The van der Waals surface area contributed by atoms with Crippen molar-refractivity contribution in [3.05, 3.63) is 21.8 Å². The van der Waals surface area contributed by atoms with Crippen molar-refractivity contribution >= 4 is 23.2 Å². The Morgan fingerprint density at radius 1 is 1.46 bits per heavy atom. The molecule has 1 heterocycles. The molecular weight excluding hydrogens is 223 g/mol. The SMILES string of the molecule is COc1cc(Cl)c(C(F)F)c(Cl)n1. The van der Waals surface area contributed by atoms with Crippen LogP contribution in [0.4, 0.5) is 8.78 Å². The largest absolute Gasteiger partial charge is 0.481 e. The Morgan fingerprint density at radius 2 is 2.08 bits per heavy atom. The molecule has 0 bridgehead atoms. The number of methoxy groups -OCH3 is 1. The van der Waals surface area contributed by atoms with Crippen LogP contribution in [0.25, 0.3) is 0 Å². The molecule has 0 saturated carbocycles. The summed E-state index contributed by atoms with van der Waals surface area (Å²) in [5.74, 6) is 0.111. The molecule has 0 aliphatic rings. The highest BCUT2D eigenvalue weighted by Crippen LogP contribution is 2.34. The van der Waals surface area contributed by atoms with E-state index in [1.807, 2.05) is 0 Å². The molecule has 0 N–H and O–H groups in total. The molecule has 1 aromatic rings. The topological polar surface area (TPSA) is 22.1 Å². The Hall–Kier alpha value is -0.610. The Morgan fingerprint density at radius 3 is 2.46 bits per heavy atom. The van der Waals surface area contributed by atoms with E-state index in [2.05, 4.69) is 9.72 Å². The zero-order chi connectivity index (χ0) is 10.0. The van der Waals surface area contributed by atoms with Crippen LogP contribution in [0.5, 0.6) is 5.88 Å². The molecule has 0 atom stereocenters. The van der Waals surface area contributed by atoms with Crippen molar-refractivity contribution in [2.75, 3.05) is 7.11 Å². The van der Waals surface area contributed by atoms with Crippen LogP contribution in [-0.4, -0.2) is 12.1 Å². The highest BCUT2D eigenvalue weighted by Gasteiger charge is 2.18.